The van der Waals surface area contributed by atoms with Gasteiger partial charge in [-0.15, -0.1) is 0 Å². The predicted octanol–water partition coefficient (Wildman–Crippen LogP) is 1.42. The molecular formula is C13H22N4O. The van der Waals surface area contributed by atoms with E-state index in [0.717, 1.165) is 31.0 Å². The van der Waals surface area contributed by atoms with Crippen LogP contribution in [-0.2, 0) is 0 Å². The highest BCUT2D eigenvalue weighted by atomic mass is 16.3. The number of hydrogen-bond acceptors (Lipinski definition) is 5. The summed E-state index contributed by atoms with van der Waals surface area (Å²) in [5.41, 5.74) is 0.948. The zero-order valence-corrected chi connectivity index (χ0v) is 11.3. The molecule has 2 N–H and O–H groups in total. The van der Waals surface area contributed by atoms with E-state index in [2.05, 4.69) is 27.1 Å². The minimum absolute atomic E-state index is 0.267. The van der Waals surface area contributed by atoms with Gasteiger partial charge in [0.1, 0.15) is 5.82 Å². The lowest BCUT2D eigenvalue weighted by Crippen LogP contribution is -2.43. The van der Waals surface area contributed by atoms with Crippen LogP contribution in [0.1, 0.15) is 26.0 Å². The zero-order chi connectivity index (χ0) is 13.1. The van der Waals surface area contributed by atoms with E-state index in [1.165, 1.54) is 0 Å². The van der Waals surface area contributed by atoms with Gasteiger partial charge in [-0.2, -0.15) is 4.98 Å². The molecule has 5 heteroatoms. The highest BCUT2D eigenvalue weighted by Crippen LogP contribution is 2.23. The second-order valence-electron chi connectivity index (χ2n) is 5.00. The lowest BCUT2D eigenvalue weighted by Gasteiger charge is -2.35. The fourth-order valence-corrected chi connectivity index (χ4v) is 2.21. The van der Waals surface area contributed by atoms with Crippen LogP contribution in [0.5, 0.6) is 0 Å². The summed E-state index contributed by atoms with van der Waals surface area (Å²) in [5, 5.41) is 13.1. The first-order valence-electron chi connectivity index (χ1n) is 6.62. The van der Waals surface area contributed by atoms with Gasteiger partial charge in [0.15, 0.2) is 0 Å². The minimum atomic E-state index is -0.267. The van der Waals surface area contributed by atoms with Crippen LogP contribution in [-0.4, -0.2) is 40.8 Å². The number of rotatable bonds is 3. The van der Waals surface area contributed by atoms with Crippen molar-refractivity contribution >= 4 is 11.8 Å². The number of β-amino-alcohol motifs (C(OH)–C–C–N with tert-alkyl or cyclic N) is 1. The van der Waals surface area contributed by atoms with Crippen molar-refractivity contribution in [2.45, 2.75) is 33.3 Å². The lowest BCUT2D eigenvalue weighted by atomic mass is 9.96. The van der Waals surface area contributed by atoms with Crippen LogP contribution >= 0.6 is 0 Å². The summed E-state index contributed by atoms with van der Waals surface area (Å²) in [7, 11) is 0. The second-order valence-corrected chi connectivity index (χ2v) is 5.00. The molecule has 1 aliphatic heterocycles. The summed E-state index contributed by atoms with van der Waals surface area (Å²) in [5.74, 6) is 1.95. The van der Waals surface area contributed by atoms with Gasteiger partial charge in [-0.05, 0) is 26.2 Å². The molecule has 100 valence electrons. The largest absolute Gasteiger partial charge is 0.391 e. The lowest BCUT2D eigenvalue weighted by molar-refractivity contribution is 0.102. The smallest absolute Gasteiger partial charge is 0.224 e. The fourth-order valence-electron chi connectivity index (χ4n) is 2.21. The molecule has 0 amide bonds. The highest BCUT2D eigenvalue weighted by Gasteiger charge is 2.25. The molecule has 0 spiro atoms. The summed E-state index contributed by atoms with van der Waals surface area (Å²) >= 11 is 0. The van der Waals surface area contributed by atoms with Crippen molar-refractivity contribution < 1.29 is 5.11 Å². The molecule has 0 aliphatic carbocycles. The molecule has 2 unspecified atom stereocenters. The highest BCUT2D eigenvalue weighted by molar-refractivity contribution is 5.45. The Morgan fingerprint density at radius 1 is 1.50 bits per heavy atom. The SMILES string of the molecule is CCNc1nc(C)cc(N2CCC(C)C(O)C2)n1. The molecule has 18 heavy (non-hydrogen) atoms. The molecule has 0 saturated carbocycles. The van der Waals surface area contributed by atoms with E-state index in [-0.39, 0.29) is 6.10 Å². The van der Waals surface area contributed by atoms with Gasteiger partial charge in [-0.3, -0.25) is 0 Å². The molecule has 0 radical (unpaired) electrons. The molecule has 1 aliphatic rings. The number of aryl methyl sites for hydroxylation is 1. The summed E-state index contributed by atoms with van der Waals surface area (Å²) in [4.78, 5) is 11.0. The first kappa shape index (κ1) is 13.1. The minimum Gasteiger partial charge on any atom is -0.391 e. The number of hydrogen-bond donors (Lipinski definition) is 2. The molecule has 0 aromatic carbocycles. The standard InChI is InChI=1S/C13H22N4O/c1-4-14-13-15-10(3)7-12(16-13)17-6-5-9(2)11(18)8-17/h7,9,11,18H,4-6,8H2,1-3H3,(H,14,15,16). The van der Waals surface area contributed by atoms with Crippen molar-refractivity contribution in [1.82, 2.24) is 9.97 Å². The van der Waals surface area contributed by atoms with Gasteiger partial charge < -0.3 is 15.3 Å². The maximum atomic E-state index is 9.95. The van der Waals surface area contributed by atoms with Crippen LogP contribution in [0.2, 0.25) is 0 Å². The van der Waals surface area contributed by atoms with Crippen molar-refractivity contribution in [3.63, 3.8) is 0 Å². The number of nitrogens with zero attached hydrogens (tertiary/aromatic N) is 3. The van der Waals surface area contributed by atoms with Crippen molar-refractivity contribution in [3.8, 4) is 0 Å². The molecule has 2 rings (SSSR count). The van der Waals surface area contributed by atoms with Gasteiger partial charge in [0.2, 0.25) is 5.95 Å². The topological polar surface area (TPSA) is 61.3 Å². The third-order valence-corrected chi connectivity index (χ3v) is 3.42. The summed E-state index contributed by atoms with van der Waals surface area (Å²) in [6.07, 6.45) is 0.734. The molecule has 2 atom stereocenters. The van der Waals surface area contributed by atoms with Crippen molar-refractivity contribution in [2.75, 3.05) is 29.9 Å². The monoisotopic (exact) mass is 250 g/mol. The van der Waals surface area contributed by atoms with Gasteiger partial charge in [0.05, 0.1) is 6.10 Å². The van der Waals surface area contributed by atoms with Crippen molar-refractivity contribution in [1.29, 1.82) is 0 Å². The van der Waals surface area contributed by atoms with E-state index >= 15 is 0 Å². The average Bonchev–Trinajstić information content (AvgIpc) is 2.32. The zero-order valence-electron chi connectivity index (χ0n) is 11.3. The van der Waals surface area contributed by atoms with Gasteiger partial charge in [0.25, 0.3) is 0 Å². The van der Waals surface area contributed by atoms with Gasteiger partial charge in [0, 0.05) is 31.4 Å². The van der Waals surface area contributed by atoms with E-state index < -0.39 is 0 Å². The van der Waals surface area contributed by atoms with E-state index in [0.29, 0.717) is 18.4 Å². The Balaban J connectivity index is 2.17. The fraction of sp³-hybridized carbons (Fsp3) is 0.692. The number of anilines is 2. The van der Waals surface area contributed by atoms with Crippen LogP contribution in [0.4, 0.5) is 11.8 Å². The van der Waals surface area contributed by atoms with Crippen LogP contribution in [0.15, 0.2) is 6.07 Å². The van der Waals surface area contributed by atoms with E-state index in [4.69, 9.17) is 0 Å². The predicted molar refractivity (Wildman–Crippen MR) is 72.9 cm³/mol. The Labute approximate surface area is 108 Å². The normalized spacial score (nSPS) is 24.1. The van der Waals surface area contributed by atoms with Gasteiger partial charge in [-0.25, -0.2) is 4.98 Å². The Bertz CT molecular complexity index is 410. The Kier molecular flexibility index (Phi) is 4.01. The Hall–Kier alpha value is -1.36. The summed E-state index contributed by atoms with van der Waals surface area (Å²) < 4.78 is 0. The molecule has 1 aromatic rings. The van der Waals surface area contributed by atoms with Crippen LogP contribution in [0.3, 0.4) is 0 Å². The number of nitrogens with one attached hydrogen (secondary N) is 1. The Morgan fingerprint density at radius 2 is 2.28 bits per heavy atom. The molecular weight excluding hydrogens is 228 g/mol. The number of piperidine rings is 1. The van der Waals surface area contributed by atoms with Crippen LogP contribution in [0, 0.1) is 12.8 Å². The van der Waals surface area contributed by atoms with Crippen LogP contribution < -0.4 is 10.2 Å². The summed E-state index contributed by atoms with van der Waals surface area (Å²) in [6, 6.07) is 1.98. The molecule has 1 aromatic heterocycles. The maximum Gasteiger partial charge on any atom is 0.224 e. The summed E-state index contributed by atoms with van der Waals surface area (Å²) in [6.45, 7) is 8.50. The first-order chi connectivity index (χ1) is 8.60. The second kappa shape index (κ2) is 5.52. The third kappa shape index (κ3) is 2.90. The third-order valence-electron chi connectivity index (χ3n) is 3.42. The molecule has 1 fully saturated rings. The Morgan fingerprint density at radius 3 is 2.94 bits per heavy atom. The van der Waals surface area contributed by atoms with Gasteiger partial charge in [-0.1, -0.05) is 6.92 Å². The van der Waals surface area contributed by atoms with Gasteiger partial charge >= 0.3 is 0 Å². The molecule has 1 saturated heterocycles. The van der Waals surface area contributed by atoms with E-state index in [1.54, 1.807) is 0 Å². The number of aliphatic hydroxyl groups is 1. The quantitative estimate of drug-likeness (QED) is 0.849. The first-order valence-corrected chi connectivity index (χ1v) is 6.62. The maximum absolute atomic E-state index is 9.95. The number of aliphatic hydroxyl groups excluding tert-OH is 1. The van der Waals surface area contributed by atoms with E-state index in [1.807, 2.05) is 19.9 Å². The molecule has 5 nitrogen and oxygen atoms in total. The average molecular weight is 250 g/mol. The molecule has 2 heterocycles. The van der Waals surface area contributed by atoms with Crippen molar-refractivity contribution in [2.24, 2.45) is 5.92 Å². The number of aromatic nitrogens is 2. The van der Waals surface area contributed by atoms with Crippen LogP contribution in [0.25, 0.3) is 0 Å². The molecule has 0 bridgehead atoms. The van der Waals surface area contributed by atoms with E-state index in [9.17, 15) is 5.11 Å². The van der Waals surface area contributed by atoms with Crippen molar-refractivity contribution in [3.05, 3.63) is 11.8 Å².